The fourth-order valence-electron chi connectivity index (χ4n) is 2.60. The lowest BCUT2D eigenvalue weighted by atomic mass is 10.0. The van der Waals surface area contributed by atoms with Crippen molar-refractivity contribution in [3.8, 4) is 11.3 Å². The molecule has 3 nitrogen and oxygen atoms in total. The molecular weight excluding hydrogens is 282 g/mol. The molecule has 0 bridgehead atoms. The second-order valence-electron chi connectivity index (χ2n) is 5.38. The standard InChI is InChI=1S/C17H18ClN3/c1-11-9-13(6-7-14(11)18)16-17(12(2)10-19)21-8-4-3-5-15(21)20-16/h3-9,12H,10,19H2,1-2H3. The smallest absolute Gasteiger partial charge is 0.137 e. The van der Waals surface area contributed by atoms with Gasteiger partial charge in [0.25, 0.3) is 0 Å². The molecule has 0 radical (unpaired) electrons. The molecule has 1 unspecified atom stereocenters. The van der Waals surface area contributed by atoms with E-state index in [-0.39, 0.29) is 5.92 Å². The van der Waals surface area contributed by atoms with Gasteiger partial charge >= 0.3 is 0 Å². The highest BCUT2D eigenvalue weighted by Gasteiger charge is 2.18. The minimum atomic E-state index is 0.230. The summed E-state index contributed by atoms with van der Waals surface area (Å²) in [5.74, 6) is 0.230. The largest absolute Gasteiger partial charge is 0.330 e. The lowest BCUT2D eigenvalue weighted by molar-refractivity contribution is 0.738. The van der Waals surface area contributed by atoms with Crippen LogP contribution in [0.5, 0.6) is 0 Å². The van der Waals surface area contributed by atoms with E-state index in [0.29, 0.717) is 6.54 Å². The lowest BCUT2D eigenvalue weighted by Crippen LogP contribution is -2.12. The van der Waals surface area contributed by atoms with Crippen LogP contribution in [0, 0.1) is 6.92 Å². The van der Waals surface area contributed by atoms with Crippen molar-refractivity contribution < 1.29 is 0 Å². The van der Waals surface area contributed by atoms with Gasteiger partial charge in [-0.1, -0.05) is 30.7 Å². The molecule has 108 valence electrons. The molecule has 0 aliphatic heterocycles. The van der Waals surface area contributed by atoms with Crippen molar-refractivity contribution in [2.75, 3.05) is 6.54 Å². The first kappa shape index (κ1) is 14.1. The quantitative estimate of drug-likeness (QED) is 0.793. The van der Waals surface area contributed by atoms with Gasteiger partial charge in [-0.15, -0.1) is 0 Å². The van der Waals surface area contributed by atoms with Crippen LogP contribution < -0.4 is 5.73 Å². The van der Waals surface area contributed by atoms with Crippen molar-refractivity contribution >= 4 is 17.2 Å². The van der Waals surface area contributed by atoms with Gasteiger partial charge in [0.05, 0.1) is 11.4 Å². The predicted octanol–water partition coefficient (Wildman–Crippen LogP) is 4.03. The fraction of sp³-hybridized carbons (Fsp3) is 0.235. The van der Waals surface area contributed by atoms with Crippen LogP contribution >= 0.6 is 11.6 Å². The summed E-state index contributed by atoms with van der Waals surface area (Å²) in [6.07, 6.45) is 2.04. The zero-order valence-electron chi connectivity index (χ0n) is 12.2. The third-order valence-corrected chi connectivity index (χ3v) is 4.24. The van der Waals surface area contributed by atoms with Crippen LogP contribution in [-0.4, -0.2) is 15.9 Å². The average molecular weight is 300 g/mol. The van der Waals surface area contributed by atoms with E-state index in [4.69, 9.17) is 22.3 Å². The number of aryl methyl sites for hydroxylation is 1. The van der Waals surface area contributed by atoms with Gasteiger partial charge in [-0.2, -0.15) is 0 Å². The van der Waals surface area contributed by atoms with Crippen LogP contribution in [0.25, 0.3) is 16.9 Å². The Bertz CT molecular complexity index is 792. The topological polar surface area (TPSA) is 43.3 Å². The minimum Gasteiger partial charge on any atom is -0.330 e. The van der Waals surface area contributed by atoms with E-state index in [1.54, 1.807) is 0 Å². The van der Waals surface area contributed by atoms with Gasteiger partial charge in [0, 0.05) is 29.2 Å². The maximum atomic E-state index is 6.13. The summed E-state index contributed by atoms with van der Waals surface area (Å²) in [4.78, 5) is 4.79. The summed E-state index contributed by atoms with van der Waals surface area (Å²) in [6, 6.07) is 12.0. The molecule has 0 amide bonds. The minimum absolute atomic E-state index is 0.230. The molecule has 1 aromatic carbocycles. The van der Waals surface area contributed by atoms with E-state index in [1.165, 1.54) is 0 Å². The fourth-order valence-corrected chi connectivity index (χ4v) is 2.72. The van der Waals surface area contributed by atoms with Gasteiger partial charge in [0.1, 0.15) is 5.65 Å². The van der Waals surface area contributed by atoms with Crippen LogP contribution in [0.1, 0.15) is 24.1 Å². The van der Waals surface area contributed by atoms with Gasteiger partial charge in [-0.25, -0.2) is 4.98 Å². The molecule has 3 aromatic rings. The molecule has 0 aliphatic rings. The second kappa shape index (κ2) is 5.51. The highest BCUT2D eigenvalue weighted by molar-refractivity contribution is 6.31. The van der Waals surface area contributed by atoms with Crippen molar-refractivity contribution in [3.63, 3.8) is 0 Å². The summed E-state index contributed by atoms with van der Waals surface area (Å²) < 4.78 is 2.12. The first-order chi connectivity index (χ1) is 10.1. The van der Waals surface area contributed by atoms with E-state index in [1.807, 2.05) is 43.5 Å². The third-order valence-electron chi connectivity index (χ3n) is 3.82. The molecule has 4 heteroatoms. The Morgan fingerprint density at radius 2 is 2.10 bits per heavy atom. The van der Waals surface area contributed by atoms with Crippen molar-refractivity contribution in [1.29, 1.82) is 0 Å². The highest BCUT2D eigenvalue weighted by Crippen LogP contribution is 2.31. The SMILES string of the molecule is Cc1cc(-c2nc3ccccn3c2C(C)CN)ccc1Cl. The van der Waals surface area contributed by atoms with E-state index in [2.05, 4.69) is 17.4 Å². The lowest BCUT2D eigenvalue weighted by Gasteiger charge is -2.12. The van der Waals surface area contributed by atoms with Crippen LogP contribution in [-0.2, 0) is 0 Å². The molecule has 3 rings (SSSR count). The van der Waals surface area contributed by atoms with Crippen molar-refractivity contribution in [2.45, 2.75) is 19.8 Å². The number of fused-ring (bicyclic) bond motifs is 1. The number of hydrogen-bond acceptors (Lipinski definition) is 2. The van der Waals surface area contributed by atoms with Gasteiger partial charge in [0.2, 0.25) is 0 Å². The van der Waals surface area contributed by atoms with Gasteiger partial charge in [-0.05, 0) is 36.8 Å². The average Bonchev–Trinajstić information content (AvgIpc) is 2.88. The normalized spacial score (nSPS) is 12.8. The number of nitrogens with zero attached hydrogens (tertiary/aromatic N) is 2. The van der Waals surface area contributed by atoms with Gasteiger partial charge in [0.15, 0.2) is 0 Å². The Kier molecular flexibility index (Phi) is 3.70. The maximum Gasteiger partial charge on any atom is 0.137 e. The summed E-state index contributed by atoms with van der Waals surface area (Å²) in [6.45, 7) is 4.72. The molecule has 2 heterocycles. The first-order valence-electron chi connectivity index (χ1n) is 7.05. The monoisotopic (exact) mass is 299 g/mol. The van der Waals surface area contributed by atoms with E-state index in [9.17, 15) is 0 Å². The third kappa shape index (κ3) is 2.43. The Morgan fingerprint density at radius 3 is 2.81 bits per heavy atom. The zero-order valence-corrected chi connectivity index (χ0v) is 12.9. The zero-order chi connectivity index (χ0) is 15.0. The van der Waals surface area contributed by atoms with Crippen LogP contribution in [0.3, 0.4) is 0 Å². The molecule has 2 N–H and O–H groups in total. The molecule has 21 heavy (non-hydrogen) atoms. The highest BCUT2D eigenvalue weighted by atomic mass is 35.5. The van der Waals surface area contributed by atoms with E-state index >= 15 is 0 Å². The Morgan fingerprint density at radius 1 is 1.29 bits per heavy atom. The molecular formula is C17H18ClN3. The number of nitrogens with two attached hydrogens (primary N) is 1. The number of halogens is 1. The van der Waals surface area contributed by atoms with Gasteiger partial charge in [-0.3, -0.25) is 0 Å². The number of pyridine rings is 1. The number of rotatable bonds is 3. The summed E-state index contributed by atoms with van der Waals surface area (Å²) in [5.41, 5.74) is 11.1. The van der Waals surface area contributed by atoms with E-state index in [0.717, 1.165) is 33.2 Å². The molecule has 2 aromatic heterocycles. The number of benzene rings is 1. The maximum absolute atomic E-state index is 6.13. The molecule has 0 saturated carbocycles. The number of hydrogen-bond donors (Lipinski definition) is 1. The van der Waals surface area contributed by atoms with Crippen molar-refractivity contribution in [1.82, 2.24) is 9.38 Å². The van der Waals surface area contributed by atoms with Crippen LogP contribution in [0.4, 0.5) is 0 Å². The molecule has 0 saturated heterocycles. The van der Waals surface area contributed by atoms with Crippen LogP contribution in [0.2, 0.25) is 5.02 Å². The van der Waals surface area contributed by atoms with E-state index < -0.39 is 0 Å². The predicted molar refractivity (Wildman–Crippen MR) is 87.8 cm³/mol. The van der Waals surface area contributed by atoms with Gasteiger partial charge < -0.3 is 10.1 Å². The summed E-state index contributed by atoms with van der Waals surface area (Å²) in [7, 11) is 0. The molecule has 0 spiro atoms. The second-order valence-corrected chi connectivity index (χ2v) is 5.78. The molecule has 0 aliphatic carbocycles. The van der Waals surface area contributed by atoms with Crippen molar-refractivity contribution in [3.05, 3.63) is 58.9 Å². The van der Waals surface area contributed by atoms with Crippen molar-refractivity contribution in [2.24, 2.45) is 5.73 Å². The molecule has 1 atom stereocenters. The Labute approximate surface area is 129 Å². The Hall–Kier alpha value is -1.84. The summed E-state index contributed by atoms with van der Waals surface area (Å²) >= 11 is 6.13. The Balaban J connectivity index is 2.28. The molecule has 0 fully saturated rings. The number of imidazole rings is 1. The van der Waals surface area contributed by atoms with Crippen LogP contribution in [0.15, 0.2) is 42.6 Å². The summed E-state index contributed by atoms with van der Waals surface area (Å²) in [5, 5.41) is 0.774. The number of aromatic nitrogens is 2. The first-order valence-corrected chi connectivity index (χ1v) is 7.43.